The summed E-state index contributed by atoms with van der Waals surface area (Å²) in [7, 11) is 0. The topological polar surface area (TPSA) is 41.6 Å². The average Bonchev–Trinajstić information content (AvgIpc) is 2.38. The second kappa shape index (κ2) is 5.54. The van der Waals surface area contributed by atoms with Crippen LogP contribution in [0.25, 0.3) is 0 Å². The fourth-order valence-corrected chi connectivity index (χ4v) is 2.90. The molecule has 4 heteroatoms. The van der Waals surface area contributed by atoms with E-state index in [0.29, 0.717) is 13.2 Å². The number of aryl methyl sites for hydroxylation is 1. The number of morpholine rings is 1. The lowest BCUT2D eigenvalue weighted by Gasteiger charge is -2.41. The Kier molecular flexibility index (Phi) is 3.76. The van der Waals surface area contributed by atoms with E-state index in [1.54, 1.807) is 0 Å². The van der Waals surface area contributed by atoms with Crippen molar-refractivity contribution in [3.05, 3.63) is 35.4 Å². The monoisotopic (exact) mass is 274 g/mol. The summed E-state index contributed by atoms with van der Waals surface area (Å²) in [5, 5.41) is 3.17. The summed E-state index contributed by atoms with van der Waals surface area (Å²) in [5.41, 5.74) is 2.42. The Hall–Kier alpha value is -1.39. The van der Waals surface area contributed by atoms with E-state index in [2.05, 4.69) is 31.3 Å². The number of hydrogen-bond donors (Lipinski definition) is 1. The normalized spacial score (nSPS) is 27.2. The largest absolute Gasteiger partial charge is 0.370 e. The molecular weight excluding hydrogens is 252 g/mol. The summed E-state index contributed by atoms with van der Waals surface area (Å²) in [4.78, 5) is 14.5. The zero-order chi connectivity index (χ0) is 14.1. The van der Waals surface area contributed by atoms with Crippen molar-refractivity contribution in [1.29, 1.82) is 0 Å². The minimum absolute atomic E-state index is 0.00406. The lowest BCUT2D eigenvalue weighted by molar-refractivity contribution is -0.150. The Morgan fingerprint density at radius 2 is 2.10 bits per heavy atom. The first kappa shape index (κ1) is 13.6. The standard InChI is InChI=1S/C16H22N2O2/c1-11-5-3-4-6-14(11)15-9-18(12(2)10-20-15)16(19)13-7-17-8-13/h3-6,12-13,15,17H,7-10H2,1-2H3. The Balaban J connectivity index is 1.75. The smallest absolute Gasteiger partial charge is 0.228 e. The van der Waals surface area contributed by atoms with Crippen molar-refractivity contribution >= 4 is 5.91 Å². The molecule has 2 heterocycles. The van der Waals surface area contributed by atoms with E-state index in [1.165, 1.54) is 11.1 Å². The number of hydrogen-bond acceptors (Lipinski definition) is 3. The van der Waals surface area contributed by atoms with Gasteiger partial charge in [0.2, 0.25) is 5.91 Å². The highest BCUT2D eigenvalue weighted by molar-refractivity contribution is 5.80. The van der Waals surface area contributed by atoms with Crippen LogP contribution < -0.4 is 5.32 Å². The van der Waals surface area contributed by atoms with Gasteiger partial charge in [-0.25, -0.2) is 0 Å². The first-order valence-corrected chi connectivity index (χ1v) is 7.35. The molecule has 2 aliphatic rings. The number of ether oxygens (including phenoxy) is 1. The summed E-state index contributed by atoms with van der Waals surface area (Å²) in [6, 6.07) is 8.43. The van der Waals surface area contributed by atoms with Crippen LogP contribution in [0.3, 0.4) is 0 Å². The number of nitrogens with one attached hydrogen (secondary N) is 1. The van der Waals surface area contributed by atoms with Crippen LogP contribution >= 0.6 is 0 Å². The molecule has 2 saturated heterocycles. The van der Waals surface area contributed by atoms with Crippen LogP contribution in [-0.4, -0.2) is 43.1 Å². The molecule has 2 atom stereocenters. The number of carbonyl (C=O) groups is 1. The van der Waals surface area contributed by atoms with Gasteiger partial charge in [-0.3, -0.25) is 4.79 Å². The molecule has 2 unspecified atom stereocenters. The maximum absolute atomic E-state index is 12.5. The Morgan fingerprint density at radius 1 is 1.35 bits per heavy atom. The molecule has 1 aromatic rings. The molecule has 0 radical (unpaired) electrons. The van der Waals surface area contributed by atoms with Crippen molar-refractivity contribution in [1.82, 2.24) is 10.2 Å². The molecule has 0 saturated carbocycles. The highest BCUT2D eigenvalue weighted by atomic mass is 16.5. The van der Waals surface area contributed by atoms with Crippen LogP contribution in [-0.2, 0) is 9.53 Å². The molecular formula is C16H22N2O2. The molecule has 20 heavy (non-hydrogen) atoms. The van der Waals surface area contributed by atoms with E-state index in [9.17, 15) is 4.79 Å². The van der Waals surface area contributed by atoms with Gasteiger partial charge in [-0.1, -0.05) is 24.3 Å². The fourth-order valence-electron chi connectivity index (χ4n) is 2.90. The maximum atomic E-state index is 12.5. The van der Waals surface area contributed by atoms with Crippen LogP contribution in [0, 0.1) is 12.8 Å². The molecule has 0 bridgehead atoms. The first-order chi connectivity index (χ1) is 9.66. The second-order valence-corrected chi connectivity index (χ2v) is 5.87. The van der Waals surface area contributed by atoms with Crippen LogP contribution in [0.15, 0.2) is 24.3 Å². The predicted octanol–water partition coefficient (Wildman–Crippen LogP) is 1.50. The molecule has 2 aliphatic heterocycles. The molecule has 1 N–H and O–H groups in total. The van der Waals surface area contributed by atoms with Crippen molar-refractivity contribution in [3.8, 4) is 0 Å². The molecule has 0 spiro atoms. The van der Waals surface area contributed by atoms with Crippen LogP contribution in [0.5, 0.6) is 0 Å². The Bertz CT molecular complexity index is 499. The quantitative estimate of drug-likeness (QED) is 0.888. The van der Waals surface area contributed by atoms with Crippen molar-refractivity contribution in [3.63, 3.8) is 0 Å². The van der Waals surface area contributed by atoms with Gasteiger partial charge in [0.15, 0.2) is 0 Å². The Morgan fingerprint density at radius 3 is 2.75 bits per heavy atom. The number of amides is 1. The minimum atomic E-state index is 0.00406. The van der Waals surface area contributed by atoms with Crippen LogP contribution in [0.4, 0.5) is 0 Å². The predicted molar refractivity (Wildman–Crippen MR) is 77.4 cm³/mol. The van der Waals surface area contributed by atoms with Crippen molar-refractivity contribution in [2.24, 2.45) is 5.92 Å². The molecule has 1 amide bonds. The van der Waals surface area contributed by atoms with Gasteiger partial charge in [-0.15, -0.1) is 0 Å². The van der Waals surface area contributed by atoms with E-state index in [-0.39, 0.29) is 24.0 Å². The molecule has 3 rings (SSSR count). The van der Waals surface area contributed by atoms with Gasteiger partial charge >= 0.3 is 0 Å². The van der Waals surface area contributed by atoms with E-state index < -0.39 is 0 Å². The number of benzene rings is 1. The zero-order valence-electron chi connectivity index (χ0n) is 12.1. The molecule has 0 aliphatic carbocycles. The minimum Gasteiger partial charge on any atom is -0.370 e. The molecule has 108 valence electrons. The van der Waals surface area contributed by atoms with Gasteiger partial charge in [-0.2, -0.15) is 0 Å². The number of carbonyl (C=O) groups excluding carboxylic acids is 1. The highest BCUT2D eigenvalue weighted by Gasteiger charge is 2.36. The number of rotatable bonds is 2. The second-order valence-electron chi connectivity index (χ2n) is 5.87. The SMILES string of the molecule is Cc1ccccc1C1CN(C(=O)C2CNC2)C(C)CO1. The maximum Gasteiger partial charge on any atom is 0.228 e. The van der Waals surface area contributed by atoms with E-state index in [4.69, 9.17) is 4.74 Å². The summed E-state index contributed by atoms with van der Waals surface area (Å²) in [5.74, 6) is 0.436. The van der Waals surface area contributed by atoms with Crippen LogP contribution in [0.1, 0.15) is 24.2 Å². The third-order valence-corrected chi connectivity index (χ3v) is 4.38. The molecule has 1 aromatic carbocycles. The van der Waals surface area contributed by atoms with Crippen molar-refractivity contribution in [2.75, 3.05) is 26.2 Å². The van der Waals surface area contributed by atoms with Gasteiger partial charge in [0.05, 0.1) is 25.1 Å². The van der Waals surface area contributed by atoms with Crippen LogP contribution in [0.2, 0.25) is 0 Å². The first-order valence-electron chi connectivity index (χ1n) is 7.35. The van der Waals surface area contributed by atoms with Crippen molar-refractivity contribution in [2.45, 2.75) is 26.0 Å². The highest BCUT2D eigenvalue weighted by Crippen LogP contribution is 2.28. The average molecular weight is 274 g/mol. The lowest BCUT2D eigenvalue weighted by atomic mass is 9.97. The lowest BCUT2D eigenvalue weighted by Crippen LogP contribution is -2.57. The molecule has 2 fully saturated rings. The summed E-state index contributed by atoms with van der Waals surface area (Å²) < 4.78 is 5.96. The van der Waals surface area contributed by atoms with Gasteiger partial charge in [0, 0.05) is 13.1 Å². The number of nitrogens with zero attached hydrogens (tertiary/aromatic N) is 1. The third-order valence-electron chi connectivity index (χ3n) is 4.38. The van der Waals surface area contributed by atoms with Gasteiger partial charge in [-0.05, 0) is 25.0 Å². The van der Waals surface area contributed by atoms with E-state index in [1.807, 2.05) is 17.0 Å². The third kappa shape index (κ3) is 2.45. The summed E-state index contributed by atoms with van der Waals surface area (Å²) >= 11 is 0. The van der Waals surface area contributed by atoms with Crippen molar-refractivity contribution < 1.29 is 9.53 Å². The Labute approximate surface area is 120 Å². The summed E-state index contributed by atoms with van der Waals surface area (Å²) in [6.07, 6.45) is 0.00406. The van der Waals surface area contributed by atoms with Gasteiger partial charge in [0.1, 0.15) is 6.10 Å². The van der Waals surface area contributed by atoms with E-state index >= 15 is 0 Å². The van der Waals surface area contributed by atoms with Gasteiger partial charge < -0.3 is 15.0 Å². The summed E-state index contributed by atoms with van der Waals surface area (Å²) in [6.45, 7) is 7.08. The molecule has 0 aromatic heterocycles. The zero-order valence-corrected chi connectivity index (χ0v) is 12.1. The van der Waals surface area contributed by atoms with Gasteiger partial charge in [0.25, 0.3) is 0 Å². The fraction of sp³-hybridized carbons (Fsp3) is 0.562. The van der Waals surface area contributed by atoms with E-state index in [0.717, 1.165) is 13.1 Å². The molecule has 4 nitrogen and oxygen atoms in total.